The third kappa shape index (κ3) is 4.10. The number of aryl methyl sites for hydroxylation is 2. The lowest BCUT2D eigenvalue weighted by molar-refractivity contribution is 0.483. The third-order valence-corrected chi connectivity index (χ3v) is 5.72. The molecule has 11 nitrogen and oxygen atoms in total. The van der Waals surface area contributed by atoms with Gasteiger partial charge in [0.2, 0.25) is 0 Å². The summed E-state index contributed by atoms with van der Waals surface area (Å²) in [5, 5.41) is 26.6. The van der Waals surface area contributed by atoms with Crippen molar-refractivity contribution in [2.45, 2.75) is 18.7 Å². The standard InChI is InChI=1S/C21H18N8O3S/c1-13-10-17(33(30,31)32)8-9-18(13)29-21(15(11-22)12-24-29)26-25-19-14(2)27-28(20(19)23)16-6-4-3-5-7-16/h3-10,12H,23H2,1-2H3,(H,30,31,32)/b26-25+. The van der Waals surface area contributed by atoms with Crippen molar-refractivity contribution in [1.82, 2.24) is 19.6 Å². The van der Waals surface area contributed by atoms with Crippen LogP contribution >= 0.6 is 0 Å². The molecule has 0 aliphatic heterocycles. The van der Waals surface area contributed by atoms with Gasteiger partial charge in [0.25, 0.3) is 10.1 Å². The van der Waals surface area contributed by atoms with E-state index in [4.69, 9.17) is 5.73 Å². The van der Waals surface area contributed by atoms with Crippen LogP contribution in [0.5, 0.6) is 0 Å². The number of nitrogens with zero attached hydrogens (tertiary/aromatic N) is 7. The maximum Gasteiger partial charge on any atom is 0.294 e. The van der Waals surface area contributed by atoms with Gasteiger partial charge in [-0.3, -0.25) is 4.55 Å². The zero-order chi connectivity index (χ0) is 23.8. The Morgan fingerprint density at radius 2 is 1.82 bits per heavy atom. The Bertz CT molecular complexity index is 1530. The second-order valence-electron chi connectivity index (χ2n) is 7.10. The van der Waals surface area contributed by atoms with Crippen molar-refractivity contribution in [1.29, 1.82) is 5.26 Å². The number of hydrogen-bond acceptors (Lipinski definition) is 8. The highest BCUT2D eigenvalue weighted by molar-refractivity contribution is 7.85. The quantitative estimate of drug-likeness (QED) is 0.336. The first-order chi connectivity index (χ1) is 15.7. The molecule has 166 valence electrons. The van der Waals surface area contributed by atoms with Gasteiger partial charge in [0, 0.05) is 0 Å². The Kier molecular flexibility index (Phi) is 5.50. The molecule has 0 atom stereocenters. The number of aromatic nitrogens is 4. The number of nitrogen functional groups attached to an aromatic ring is 1. The lowest BCUT2D eigenvalue weighted by Gasteiger charge is -2.09. The molecule has 3 N–H and O–H groups in total. The van der Waals surface area contributed by atoms with Crippen molar-refractivity contribution in [2.24, 2.45) is 10.2 Å². The van der Waals surface area contributed by atoms with Crippen molar-refractivity contribution < 1.29 is 13.0 Å². The minimum Gasteiger partial charge on any atom is -0.382 e. The maximum absolute atomic E-state index is 11.4. The normalized spacial score (nSPS) is 11.7. The van der Waals surface area contributed by atoms with Crippen molar-refractivity contribution in [3.05, 3.63) is 71.5 Å². The number of benzene rings is 2. The minimum absolute atomic E-state index is 0.131. The van der Waals surface area contributed by atoms with Crippen LogP contribution in [0, 0.1) is 25.2 Å². The topological polar surface area (TPSA) is 165 Å². The summed E-state index contributed by atoms with van der Waals surface area (Å²) in [5.74, 6) is 0.409. The second-order valence-corrected chi connectivity index (χ2v) is 8.52. The molecule has 0 saturated carbocycles. The van der Waals surface area contributed by atoms with Crippen LogP contribution in [-0.2, 0) is 10.1 Å². The summed E-state index contributed by atoms with van der Waals surface area (Å²) in [5.41, 5.74) is 9.00. The first kappa shape index (κ1) is 21.9. The molecular weight excluding hydrogens is 444 g/mol. The van der Waals surface area contributed by atoms with Crippen LogP contribution in [0.2, 0.25) is 0 Å². The van der Waals surface area contributed by atoms with E-state index in [1.54, 1.807) is 18.5 Å². The molecule has 0 amide bonds. The fraction of sp³-hybridized carbons (Fsp3) is 0.0952. The summed E-state index contributed by atoms with van der Waals surface area (Å²) in [7, 11) is -4.36. The Morgan fingerprint density at radius 3 is 2.45 bits per heavy atom. The average Bonchev–Trinajstić information content (AvgIpc) is 3.32. The van der Waals surface area contributed by atoms with Crippen LogP contribution < -0.4 is 5.73 Å². The molecule has 33 heavy (non-hydrogen) atoms. The predicted octanol–water partition coefficient (Wildman–Crippen LogP) is 3.79. The van der Waals surface area contributed by atoms with E-state index in [9.17, 15) is 18.2 Å². The van der Waals surface area contributed by atoms with Gasteiger partial charge in [-0.25, -0.2) is 9.36 Å². The second kappa shape index (κ2) is 8.30. The molecule has 2 aromatic heterocycles. The zero-order valence-corrected chi connectivity index (χ0v) is 18.4. The molecule has 0 radical (unpaired) electrons. The molecule has 2 aromatic carbocycles. The largest absolute Gasteiger partial charge is 0.382 e. The van der Waals surface area contributed by atoms with Crippen LogP contribution in [0.1, 0.15) is 16.8 Å². The monoisotopic (exact) mass is 462 g/mol. The highest BCUT2D eigenvalue weighted by Crippen LogP contribution is 2.32. The van der Waals surface area contributed by atoms with E-state index in [1.165, 1.54) is 29.1 Å². The van der Waals surface area contributed by atoms with Crippen molar-refractivity contribution in [3.8, 4) is 17.4 Å². The molecule has 4 aromatic rings. The van der Waals surface area contributed by atoms with Crippen molar-refractivity contribution in [2.75, 3.05) is 5.73 Å². The maximum atomic E-state index is 11.4. The molecular formula is C21H18N8O3S. The molecule has 12 heteroatoms. The fourth-order valence-electron chi connectivity index (χ4n) is 3.24. The highest BCUT2D eigenvalue weighted by Gasteiger charge is 2.18. The molecule has 0 unspecified atom stereocenters. The van der Waals surface area contributed by atoms with Crippen LogP contribution in [0.3, 0.4) is 0 Å². The van der Waals surface area contributed by atoms with Gasteiger partial charge >= 0.3 is 0 Å². The molecule has 0 aliphatic rings. The molecule has 0 spiro atoms. The third-order valence-electron chi connectivity index (χ3n) is 4.87. The van der Waals surface area contributed by atoms with Gasteiger partial charge in [0.15, 0.2) is 17.3 Å². The summed E-state index contributed by atoms with van der Waals surface area (Å²) in [6.45, 7) is 3.38. The van der Waals surface area contributed by atoms with Crippen molar-refractivity contribution in [3.63, 3.8) is 0 Å². The smallest absolute Gasteiger partial charge is 0.294 e. The van der Waals surface area contributed by atoms with Crippen LogP contribution in [-0.4, -0.2) is 32.5 Å². The molecule has 0 saturated heterocycles. The first-order valence-corrected chi connectivity index (χ1v) is 11.0. The Morgan fingerprint density at radius 1 is 1.09 bits per heavy atom. The van der Waals surface area contributed by atoms with E-state index >= 15 is 0 Å². The van der Waals surface area contributed by atoms with E-state index in [1.807, 2.05) is 36.4 Å². The number of nitriles is 1. The van der Waals surface area contributed by atoms with Gasteiger partial charge in [-0.2, -0.15) is 23.9 Å². The summed E-state index contributed by atoms with van der Waals surface area (Å²) < 4.78 is 35.0. The van der Waals surface area contributed by atoms with E-state index < -0.39 is 10.1 Å². The zero-order valence-electron chi connectivity index (χ0n) is 17.6. The molecule has 0 bridgehead atoms. The van der Waals surface area contributed by atoms with Gasteiger partial charge in [0.1, 0.15) is 11.6 Å². The molecule has 0 aliphatic carbocycles. The van der Waals surface area contributed by atoms with E-state index in [-0.39, 0.29) is 22.1 Å². The lowest BCUT2D eigenvalue weighted by Crippen LogP contribution is -2.03. The summed E-state index contributed by atoms with van der Waals surface area (Å²) >= 11 is 0. The fourth-order valence-corrected chi connectivity index (χ4v) is 3.81. The van der Waals surface area contributed by atoms with Crippen LogP contribution in [0.15, 0.2) is 69.9 Å². The summed E-state index contributed by atoms with van der Waals surface area (Å²) in [6, 6.07) is 15.3. The van der Waals surface area contributed by atoms with Crippen LogP contribution in [0.4, 0.5) is 17.3 Å². The Labute approximate surface area is 189 Å². The first-order valence-electron chi connectivity index (χ1n) is 9.59. The number of rotatable bonds is 5. The van der Waals surface area contributed by atoms with Gasteiger partial charge in [0.05, 0.1) is 28.2 Å². The van der Waals surface area contributed by atoms with Gasteiger partial charge in [-0.05, 0) is 49.7 Å². The molecule has 2 heterocycles. The van der Waals surface area contributed by atoms with Crippen LogP contribution in [0.25, 0.3) is 11.4 Å². The lowest BCUT2D eigenvalue weighted by atomic mass is 10.2. The number of anilines is 1. The SMILES string of the molecule is Cc1cc(S(=O)(=O)O)ccc1-n1ncc(C#N)c1/N=N/c1c(C)nn(-c2ccccc2)c1N. The van der Waals surface area contributed by atoms with E-state index in [0.29, 0.717) is 22.6 Å². The number of nitrogens with two attached hydrogens (primary N) is 1. The van der Waals surface area contributed by atoms with Crippen molar-refractivity contribution >= 4 is 27.4 Å². The number of hydrogen-bond donors (Lipinski definition) is 2. The van der Waals surface area contributed by atoms with Gasteiger partial charge < -0.3 is 5.73 Å². The average molecular weight is 462 g/mol. The van der Waals surface area contributed by atoms with E-state index in [2.05, 4.69) is 20.4 Å². The molecule has 0 fully saturated rings. The van der Waals surface area contributed by atoms with E-state index in [0.717, 1.165) is 5.69 Å². The van der Waals surface area contributed by atoms with Gasteiger partial charge in [-0.1, -0.05) is 18.2 Å². The highest BCUT2D eigenvalue weighted by atomic mass is 32.2. The molecule has 4 rings (SSSR count). The number of azo groups is 1. The summed E-state index contributed by atoms with van der Waals surface area (Å²) in [6.07, 6.45) is 1.33. The number of para-hydroxylation sites is 1. The van der Waals surface area contributed by atoms with Gasteiger partial charge in [-0.15, -0.1) is 10.2 Å². The Hall–Kier alpha value is -4.34. The Balaban J connectivity index is 1.78. The minimum atomic E-state index is -4.36. The summed E-state index contributed by atoms with van der Waals surface area (Å²) in [4.78, 5) is -0.253. The predicted molar refractivity (Wildman–Crippen MR) is 120 cm³/mol.